The Morgan fingerprint density at radius 3 is 1.45 bits per heavy atom. The predicted molar refractivity (Wildman–Crippen MR) is 49.4 cm³/mol. The van der Waals surface area contributed by atoms with Crippen molar-refractivity contribution in [1.82, 2.24) is 0 Å². The van der Waals surface area contributed by atoms with E-state index in [1.54, 1.807) is 0 Å². The quantitative estimate of drug-likeness (QED) is 0.446. The molecule has 0 radical (unpaired) electrons. The third-order valence-corrected chi connectivity index (χ3v) is 6.50. The van der Waals surface area contributed by atoms with E-state index in [2.05, 4.69) is 41.0 Å². The van der Waals surface area contributed by atoms with Crippen LogP contribution in [0.5, 0.6) is 0 Å². The molecule has 0 unspecified atom stereocenters. The summed E-state index contributed by atoms with van der Waals surface area (Å²) >= 11 is 0. The van der Waals surface area contributed by atoms with E-state index in [4.69, 9.17) is 4.43 Å². The van der Waals surface area contributed by atoms with Crippen molar-refractivity contribution < 1.29 is 21.4 Å². The Kier molecular flexibility index (Phi) is 9.90. The summed E-state index contributed by atoms with van der Waals surface area (Å²) < 4.78 is 5.19. The molecular formula is C7H17BrMgOSi. The zero-order valence-electron chi connectivity index (χ0n) is 8.20. The summed E-state index contributed by atoms with van der Waals surface area (Å²) in [6, 6.07) is 0. The van der Waals surface area contributed by atoms with Crippen LogP contribution in [0.3, 0.4) is 0 Å². The SMILES string of the molecule is [Br-].[CH2-]O[Si](C)(C)C(C)(C)C.[Mg+2]. The Morgan fingerprint density at radius 1 is 1.18 bits per heavy atom. The van der Waals surface area contributed by atoms with Gasteiger partial charge in [-0.25, -0.2) is 7.11 Å². The Hall–Kier alpha value is 1.42. The molecule has 0 bridgehead atoms. The van der Waals surface area contributed by atoms with Crippen LogP contribution in [0.2, 0.25) is 18.1 Å². The van der Waals surface area contributed by atoms with Crippen LogP contribution < -0.4 is 17.0 Å². The molecule has 11 heavy (non-hydrogen) atoms. The topological polar surface area (TPSA) is 9.23 Å². The first kappa shape index (κ1) is 18.3. The fourth-order valence-electron chi connectivity index (χ4n) is 0.217. The van der Waals surface area contributed by atoms with Crippen molar-refractivity contribution >= 4 is 31.4 Å². The minimum Gasteiger partial charge on any atom is -1.00 e. The molecule has 0 fully saturated rings. The minimum absolute atomic E-state index is 0. The molecule has 1 nitrogen and oxygen atoms in total. The monoisotopic (exact) mass is 248 g/mol. The minimum atomic E-state index is -1.49. The smallest absolute Gasteiger partial charge is 1.00 e. The molecule has 0 rings (SSSR count). The van der Waals surface area contributed by atoms with Gasteiger partial charge in [-0.3, -0.25) is 0 Å². The van der Waals surface area contributed by atoms with Crippen molar-refractivity contribution in [1.29, 1.82) is 0 Å². The molecule has 0 saturated carbocycles. The fourth-order valence-corrected chi connectivity index (χ4v) is 0.650. The maximum Gasteiger partial charge on any atom is 2.00 e. The second kappa shape index (κ2) is 5.97. The van der Waals surface area contributed by atoms with Crippen molar-refractivity contribution in [3.05, 3.63) is 7.11 Å². The van der Waals surface area contributed by atoms with Gasteiger partial charge in [0.15, 0.2) is 8.32 Å². The zero-order chi connectivity index (χ0) is 7.71. The molecule has 0 heterocycles. The van der Waals surface area contributed by atoms with Crippen molar-refractivity contribution in [3.63, 3.8) is 0 Å². The van der Waals surface area contributed by atoms with Crippen LogP contribution in [-0.2, 0) is 4.43 Å². The molecule has 0 aliphatic carbocycles. The van der Waals surface area contributed by atoms with E-state index in [9.17, 15) is 0 Å². The molecule has 0 aliphatic rings. The van der Waals surface area contributed by atoms with Gasteiger partial charge in [-0.15, -0.1) is 0 Å². The second-order valence-electron chi connectivity index (χ2n) is 3.90. The number of hydrogen-bond acceptors (Lipinski definition) is 1. The Balaban J connectivity index is -0.000000320. The maximum atomic E-state index is 5.19. The maximum absolute atomic E-state index is 5.19. The van der Waals surface area contributed by atoms with Crippen molar-refractivity contribution in [2.45, 2.75) is 38.9 Å². The molecule has 0 N–H and O–H groups in total. The third-order valence-electron chi connectivity index (χ3n) is 2.17. The first-order valence-corrected chi connectivity index (χ1v) is 6.15. The molecule has 0 spiro atoms. The first-order valence-electron chi connectivity index (χ1n) is 3.24. The fraction of sp³-hybridized carbons (Fsp3) is 0.857. The van der Waals surface area contributed by atoms with Gasteiger partial charge in [-0.1, -0.05) is 20.8 Å². The molecule has 0 aromatic heterocycles. The van der Waals surface area contributed by atoms with E-state index in [0.29, 0.717) is 5.04 Å². The van der Waals surface area contributed by atoms with E-state index in [1.165, 1.54) is 0 Å². The number of halogens is 1. The van der Waals surface area contributed by atoms with Gasteiger partial charge in [-0.05, 0) is 18.1 Å². The van der Waals surface area contributed by atoms with Gasteiger partial charge < -0.3 is 21.4 Å². The van der Waals surface area contributed by atoms with Gasteiger partial charge in [-0.2, -0.15) is 0 Å². The van der Waals surface area contributed by atoms with E-state index in [0.717, 1.165) is 0 Å². The van der Waals surface area contributed by atoms with E-state index < -0.39 is 8.32 Å². The zero-order valence-corrected chi connectivity index (χ0v) is 12.2. The van der Waals surface area contributed by atoms with Crippen molar-refractivity contribution in [2.24, 2.45) is 0 Å². The summed E-state index contributed by atoms with van der Waals surface area (Å²) in [6.45, 7) is 11.0. The van der Waals surface area contributed by atoms with Gasteiger partial charge in [0.05, 0.1) is 0 Å². The van der Waals surface area contributed by atoms with Gasteiger partial charge in [0.2, 0.25) is 0 Å². The normalized spacial score (nSPS) is 11.5. The van der Waals surface area contributed by atoms with Crippen LogP contribution in [0.25, 0.3) is 0 Å². The molecule has 0 aromatic carbocycles. The van der Waals surface area contributed by atoms with E-state index >= 15 is 0 Å². The van der Waals surface area contributed by atoms with Crippen molar-refractivity contribution in [2.75, 3.05) is 0 Å². The van der Waals surface area contributed by atoms with Gasteiger partial charge in [0.25, 0.3) is 0 Å². The summed E-state index contributed by atoms with van der Waals surface area (Å²) in [6.07, 6.45) is 0. The molecule has 64 valence electrons. The molecule has 0 aliphatic heterocycles. The second-order valence-corrected chi connectivity index (χ2v) is 8.71. The molecule has 0 aromatic rings. The van der Waals surface area contributed by atoms with Crippen LogP contribution in [0.4, 0.5) is 0 Å². The molecule has 0 atom stereocenters. The number of rotatable bonds is 1. The van der Waals surface area contributed by atoms with Crippen LogP contribution in [-0.4, -0.2) is 31.4 Å². The number of hydrogen-bond donors (Lipinski definition) is 0. The molecule has 4 heteroatoms. The summed E-state index contributed by atoms with van der Waals surface area (Å²) in [4.78, 5) is 0. The molecular weight excluding hydrogens is 232 g/mol. The third kappa shape index (κ3) is 5.63. The largest absolute Gasteiger partial charge is 2.00 e. The van der Waals surface area contributed by atoms with Gasteiger partial charge in [0, 0.05) is 0 Å². The van der Waals surface area contributed by atoms with Gasteiger partial charge >= 0.3 is 23.1 Å². The van der Waals surface area contributed by atoms with Crippen LogP contribution in [0, 0.1) is 7.11 Å². The first-order chi connectivity index (χ1) is 3.81. The summed E-state index contributed by atoms with van der Waals surface area (Å²) in [5.74, 6) is 0. The Bertz CT molecular complexity index is 101. The standard InChI is InChI=1S/C7H17OSi.BrH.Mg/c1-7(2,3)9(5,6)8-4;;/h4H2,1-3,5-6H3;1H;/q-1;;+2/p-1. The van der Waals surface area contributed by atoms with Crippen molar-refractivity contribution in [3.8, 4) is 0 Å². The predicted octanol–water partition coefficient (Wildman–Crippen LogP) is -0.577. The van der Waals surface area contributed by atoms with Crippen LogP contribution in [0.1, 0.15) is 20.8 Å². The Labute approximate surface area is 98.3 Å². The summed E-state index contributed by atoms with van der Waals surface area (Å²) in [5, 5.41) is 0.300. The average molecular weight is 250 g/mol. The average Bonchev–Trinajstić information content (AvgIpc) is 1.64. The van der Waals surface area contributed by atoms with Crippen LogP contribution >= 0.6 is 0 Å². The van der Waals surface area contributed by atoms with Gasteiger partial charge in [0.1, 0.15) is 0 Å². The molecule has 0 amide bonds. The van der Waals surface area contributed by atoms with E-state index in [-0.39, 0.29) is 40.0 Å². The molecule has 0 saturated heterocycles. The van der Waals surface area contributed by atoms with Crippen LogP contribution in [0.15, 0.2) is 0 Å². The van der Waals surface area contributed by atoms with E-state index in [1.807, 2.05) is 0 Å². The Morgan fingerprint density at radius 2 is 1.45 bits per heavy atom. The summed E-state index contributed by atoms with van der Waals surface area (Å²) in [7, 11) is 2.00. The summed E-state index contributed by atoms with van der Waals surface area (Å²) in [5.41, 5.74) is 0.